The van der Waals surface area contributed by atoms with Gasteiger partial charge in [-0.25, -0.2) is 18.5 Å². The minimum Gasteiger partial charge on any atom is -0.469 e. The van der Waals surface area contributed by atoms with Crippen molar-refractivity contribution in [3.63, 3.8) is 0 Å². The summed E-state index contributed by atoms with van der Waals surface area (Å²) in [5, 5.41) is 19.6. The minimum absolute atomic E-state index is 0.0604. The molecular weight excluding hydrogens is 512 g/mol. The highest BCUT2D eigenvalue weighted by Crippen LogP contribution is 2.33. The number of hydrogen-bond donors (Lipinski definition) is 4. The van der Waals surface area contributed by atoms with Crippen LogP contribution in [-0.4, -0.2) is 49.5 Å². The Hall–Kier alpha value is -4.62. The fourth-order valence-electron chi connectivity index (χ4n) is 3.91. The van der Waals surface area contributed by atoms with Crippen LogP contribution in [0.4, 0.5) is 5.82 Å². The van der Waals surface area contributed by atoms with Crippen LogP contribution < -0.4 is 16.2 Å². The van der Waals surface area contributed by atoms with Crippen molar-refractivity contribution in [3.05, 3.63) is 78.0 Å². The highest BCUT2D eigenvalue weighted by atomic mass is 32.2. The van der Waals surface area contributed by atoms with E-state index in [1.165, 1.54) is 25.4 Å². The number of oxime groups is 1. The maximum Gasteiger partial charge on any atom is 0.310 e. The second-order valence-electron chi connectivity index (χ2n) is 8.48. The Bertz CT molecular complexity index is 1550. The number of nitrogen functional groups attached to an aromatic ring is 1. The molecule has 6 N–H and O–H groups in total. The lowest BCUT2D eigenvalue weighted by atomic mass is 9.89. The molecule has 1 aliphatic heterocycles. The predicted octanol–water partition coefficient (Wildman–Crippen LogP) is 1.75. The quantitative estimate of drug-likeness (QED) is 0.189. The van der Waals surface area contributed by atoms with Gasteiger partial charge in [0.25, 0.3) is 5.91 Å². The van der Waals surface area contributed by atoms with Crippen LogP contribution in [0.5, 0.6) is 0 Å². The van der Waals surface area contributed by atoms with Crippen molar-refractivity contribution in [2.24, 2.45) is 16.0 Å². The Labute approximate surface area is 218 Å². The molecule has 12 nitrogen and oxygen atoms in total. The third-order valence-corrected chi connectivity index (χ3v) is 6.84. The average Bonchev–Trinajstić information content (AvgIpc) is 3.34. The first-order valence-electron chi connectivity index (χ1n) is 11.2. The molecule has 0 bridgehead atoms. The molecule has 0 unspecified atom stereocenters. The molecule has 1 amide bonds. The van der Waals surface area contributed by atoms with Crippen molar-refractivity contribution >= 4 is 39.3 Å². The number of hydrogen-bond acceptors (Lipinski definition) is 9. The average molecular weight is 537 g/mol. The van der Waals surface area contributed by atoms with Crippen LogP contribution in [0.3, 0.4) is 0 Å². The Kier molecular flexibility index (Phi) is 7.23. The third kappa shape index (κ3) is 5.53. The molecular formula is C25H24N6O6S. The van der Waals surface area contributed by atoms with Gasteiger partial charge in [-0.15, -0.1) is 0 Å². The number of amides is 1. The number of carbonyl (C=O) groups excluding carboxylic acids is 2. The van der Waals surface area contributed by atoms with E-state index in [1.807, 2.05) is 0 Å². The number of rotatable bonds is 8. The van der Waals surface area contributed by atoms with E-state index in [9.17, 15) is 18.0 Å². The van der Waals surface area contributed by atoms with E-state index >= 15 is 0 Å². The summed E-state index contributed by atoms with van der Waals surface area (Å²) in [6, 6.07) is 16.0. The Morgan fingerprint density at radius 1 is 1.13 bits per heavy atom. The molecule has 196 valence electrons. The van der Waals surface area contributed by atoms with Crippen LogP contribution in [-0.2, 0) is 29.2 Å². The molecule has 1 aromatic heterocycles. The van der Waals surface area contributed by atoms with E-state index in [2.05, 4.69) is 15.5 Å². The van der Waals surface area contributed by atoms with E-state index in [4.69, 9.17) is 25.9 Å². The van der Waals surface area contributed by atoms with Crippen LogP contribution in [0, 0.1) is 5.41 Å². The van der Waals surface area contributed by atoms with Crippen molar-refractivity contribution in [2.75, 3.05) is 12.4 Å². The molecule has 38 heavy (non-hydrogen) atoms. The zero-order chi connectivity index (χ0) is 27.5. The molecule has 0 spiro atoms. The maximum atomic E-state index is 13.4. The van der Waals surface area contributed by atoms with Gasteiger partial charge in [0.1, 0.15) is 11.7 Å². The molecule has 1 atom stereocenters. The number of carbonyl (C=O) groups is 2. The lowest BCUT2D eigenvalue weighted by Gasteiger charge is -2.24. The molecule has 3 aromatic rings. The minimum atomic E-state index is -3.97. The summed E-state index contributed by atoms with van der Waals surface area (Å²) in [5.41, 5.74) is 6.11. The molecule has 0 radical (unpaired) electrons. The van der Waals surface area contributed by atoms with Crippen molar-refractivity contribution < 1.29 is 27.6 Å². The smallest absolute Gasteiger partial charge is 0.310 e. The van der Waals surface area contributed by atoms with Gasteiger partial charge in [0, 0.05) is 34.9 Å². The van der Waals surface area contributed by atoms with Gasteiger partial charge in [0.05, 0.1) is 24.1 Å². The van der Waals surface area contributed by atoms with E-state index in [0.29, 0.717) is 28.0 Å². The Morgan fingerprint density at radius 2 is 1.89 bits per heavy atom. The number of esters is 1. The summed E-state index contributed by atoms with van der Waals surface area (Å²) < 4.78 is 28.6. The van der Waals surface area contributed by atoms with E-state index < -0.39 is 33.9 Å². The Balaban J connectivity index is 1.57. The zero-order valence-electron chi connectivity index (χ0n) is 20.2. The summed E-state index contributed by atoms with van der Waals surface area (Å²) in [4.78, 5) is 35.2. The zero-order valence-corrected chi connectivity index (χ0v) is 21.0. The topological polar surface area (TPSA) is 200 Å². The number of nitrogens with zero attached hydrogens (tertiary/aromatic N) is 2. The highest BCUT2D eigenvalue weighted by molar-refractivity contribution is 7.89. The second-order valence-corrected chi connectivity index (χ2v) is 10.0. The lowest BCUT2D eigenvalue weighted by molar-refractivity contribution is -0.155. The standard InChI is InChI=1S/C25H24N6O6S/c1-36-22(32)13-25(12-19(31-37-25)15-5-4-6-16(11-15)23(26)27)24(33)30-21-10-9-17(14-29-21)18-7-2-3-8-20(18)38(28,34)35/h2-11,14H,12-13H2,1H3,(H3,26,27)(H2,28,34,35)(H,29,30,33)/t25-/m1/s1. The first-order chi connectivity index (χ1) is 18.0. The highest BCUT2D eigenvalue weighted by Gasteiger charge is 2.49. The number of aromatic nitrogens is 1. The fourth-order valence-corrected chi connectivity index (χ4v) is 4.67. The molecule has 0 saturated carbocycles. The molecule has 0 aliphatic carbocycles. The van der Waals surface area contributed by atoms with Gasteiger partial charge in [-0.3, -0.25) is 15.0 Å². The molecule has 1 aliphatic rings. The van der Waals surface area contributed by atoms with Crippen molar-refractivity contribution in [1.29, 1.82) is 5.41 Å². The molecule has 2 heterocycles. The lowest BCUT2D eigenvalue weighted by Crippen LogP contribution is -2.45. The van der Waals surface area contributed by atoms with E-state index in [0.717, 1.165) is 0 Å². The normalized spacial score (nSPS) is 16.7. The molecule has 2 aromatic carbocycles. The Morgan fingerprint density at radius 3 is 2.55 bits per heavy atom. The monoisotopic (exact) mass is 536 g/mol. The molecule has 13 heteroatoms. The van der Waals surface area contributed by atoms with Gasteiger partial charge >= 0.3 is 5.97 Å². The van der Waals surface area contributed by atoms with E-state index in [-0.39, 0.29) is 23.0 Å². The van der Waals surface area contributed by atoms with Gasteiger partial charge in [0.2, 0.25) is 15.6 Å². The summed E-state index contributed by atoms with van der Waals surface area (Å²) in [7, 11) is -2.77. The van der Waals surface area contributed by atoms with Crippen molar-refractivity contribution in [2.45, 2.75) is 23.3 Å². The summed E-state index contributed by atoms with van der Waals surface area (Å²) in [6.07, 6.45) is 0.904. The number of nitrogens with two attached hydrogens (primary N) is 2. The second kappa shape index (κ2) is 10.4. The summed E-state index contributed by atoms with van der Waals surface area (Å²) in [5.74, 6) is -1.37. The number of nitrogens with one attached hydrogen (secondary N) is 2. The molecule has 0 fully saturated rings. The molecule has 4 rings (SSSR count). The van der Waals surface area contributed by atoms with Gasteiger partial charge in [-0.2, -0.15) is 0 Å². The summed E-state index contributed by atoms with van der Waals surface area (Å²) >= 11 is 0. The van der Waals surface area contributed by atoms with Gasteiger partial charge < -0.3 is 20.6 Å². The maximum absolute atomic E-state index is 13.4. The number of anilines is 1. The van der Waals surface area contributed by atoms with Crippen LogP contribution in [0.1, 0.15) is 24.0 Å². The first kappa shape index (κ1) is 26.4. The first-order valence-corrected chi connectivity index (χ1v) is 12.7. The van der Waals surface area contributed by atoms with Crippen LogP contribution in [0.2, 0.25) is 0 Å². The van der Waals surface area contributed by atoms with Crippen LogP contribution in [0.25, 0.3) is 11.1 Å². The van der Waals surface area contributed by atoms with Gasteiger partial charge in [-0.1, -0.05) is 41.6 Å². The number of amidine groups is 1. The van der Waals surface area contributed by atoms with Gasteiger partial charge in [-0.05, 0) is 24.3 Å². The number of pyridine rings is 1. The number of ether oxygens (including phenoxy) is 1. The number of benzene rings is 2. The van der Waals surface area contributed by atoms with Gasteiger partial charge in [0.15, 0.2) is 0 Å². The van der Waals surface area contributed by atoms with Crippen molar-refractivity contribution in [3.8, 4) is 11.1 Å². The predicted molar refractivity (Wildman–Crippen MR) is 139 cm³/mol. The fraction of sp³-hybridized carbons (Fsp3) is 0.160. The number of sulfonamides is 1. The van der Waals surface area contributed by atoms with Crippen LogP contribution in [0.15, 0.2) is 76.9 Å². The van der Waals surface area contributed by atoms with Crippen LogP contribution >= 0.6 is 0 Å². The summed E-state index contributed by atoms with van der Waals surface area (Å²) in [6.45, 7) is 0. The largest absolute Gasteiger partial charge is 0.469 e. The number of primary sulfonamides is 1. The van der Waals surface area contributed by atoms with Crippen molar-refractivity contribution in [1.82, 2.24) is 4.98 Å². The van der Waals surface area contributed by atoms with E-state index in [1.54, 1.807) is 48.5 Å². The molecule has 0 saturated heterocycles. The number of methoxy groups -OCH3 is 1. The SMILES string of the molecule is COC(=O)C[C@@]1(C(=O)Nc2ccc(-c3ccccc3S(N)(=O)=O)cn2)CC(c2cccc(C(=N)N)c2)=NO1. The third-order valence-electron chi connectivity index (χ3n) is 5.87.